The van der Waals surface area contributed by atoms with Gasteiger partial charge in [-0.1, -0.05) is 36.4 Å². The molecule has 2 heterocycles. The van der Waals surface area contributed by atoms with Crippen molar-refractivity contribution in [2.24, 2.45) is 5.92 Å². The zero-order chi connectivity index (χ0) is 24.1. The zero-order valence-corrected chi connectivity index (χ0v) is 20.0. The second-order valence-electron chi connectivity index (χ2n) is 8.63. The molecule has 8 nitrogen and oxygen atoms in total. The number of carbonyl (C=O) groups excluding carboxylic acids is 3. The molecule has 0 bridgehead atoms. The summed E-state index contributed by atoms with van der Waals surface area (Å²) >= 11 is 1.62. The predicted octanol–water partition coefficient (Wildman–Crippen LogP) is 3.04. The molecule has 1 aromatic carbocycles. The van der Waals surface area contributed by atoms with E-state index in [-0.39, 0.29) is 37.0 Å². The maximum atomic E-state index is 13.1. The Balaban J connectivity index is 1.28. The van der Waals surface area contributed by atoms with Crippen LogP contribution in [-0.2, 0) is 25.7 Å². The number of amides is 2. The van der Waals surface area contributed by atoms with Crippen LogP contribution in [0.2, 0.25) is 0 Å². The van der Waals surface area contributed by atoms with Gasteiger partial charge in [-0.2, -0.15) is 11.8 Å². The molecule has 2 amide bonds. The minimum absolute atomic E-state index is 0.171. The van der Waals surface area contributed by atoms with Gasteiger partial charge in [0.15, 0.2) is 6.10 Å². The summed E-state index contributed by atoms with van der Waals surface area (Å²) in [6, 6.07) is 9.23. The molecule has 2 atom stereocenters. The van der Waals surface area contributed by atoms with E-state index in [0.29, 0.717) is 37.4 Å². The van der Waals surface area contributed by atoms with E-state index < -0.39 is 12.2 Å². The Morgan fingerprint density at radius 1 is 1.21 bits per heavy atom. The van der Waals surface area contributed by atoms with Crippen LogP contribution in [0.1, 0.15) is 18.4 Å². The van der Waals surface area contributed by atoms with Gasteiger partial charge in [0.2, 0.25) is 0 Å². The Morgan fingerprint density at radius 2 is 1.94 bits per heavy atom. The molecule has 0 radical (unpaired) electrons. The number of hydrogen-bond donors (Lipinski definition) is 1. The molecule has 1 N–H and O–H groups in total. The van der Waals surface area contributed by atoms with Crippen molar-refractivity contribution in [2.45, 2.75) is 31.6 Å². The number of likely N-dealkylation sites (tertiary alicyclic amines) is 1. The second kappa shape index (κ2) is 10.9. The fourth-order valence-corrected chi connectivity index (χ4v) is 5.06. The maximum Gasteiger partial charge on any atom is 0.411 e. The van der Waals surface area contributed by atoms with Crippen LogP contribution >= 0.6 is 11.8 Å². The number of nitrogens with zero attached hydrogens (tertiary/aromatic N) is 2. The second-order valence-corrected chi connectivity index (χ2v) is 9.50. The van der Waals surface area contributed by atoms with Gasteiger partial charge in [-0.3, -0.25) is 14.5 Å². The van der Waals surface area contributed by atoms with Gasteiger partial charge in [0.1, 0.15) is 6.61 Å². The van der Waals surface area contributed by atoms with Crippen LogP contribution in [-0.4, -0.2) is 77.3 Å². The molecule has 180 valence electrons. The molecular weight excluding hydrogens is 454 g/mol. The van der Waals surface area contributed by atoms with Crippen molar-refractivity contribution in [1.29, 1.82) is 5.41 Å². The van der Waals surface area contributed by atoms with Crippen molar-refractivity contribution in [3.8, 4) is 0 Å². The predicted molar refractivity (Wildman–Crippen MR) is 130 cm³/mol. The van der Waals surface area contributed by atoms with Crippen LogP contribution in [0.3, 0.4) is 0 Å². The molecule has 4 rings (SSSR count). The van der Waals surface area contributed by atoms with Crippen LogP contribution in [0.15, 0.2) is 54.1 Å². The van der Waals surface area contributed by atoms with E-state index >= 15 is 0 Å². The number of allylic oxidation sites excluding steroid dienone is 2. The first-order valence-corrected chi connectivity index (χ1v) is 12.8. The topological polar surface area (TPSA) is 100 Å². The van der Waals surface area contributed by atoms with Crippen molar-refractivity contribution in [2.75, 3.05) is 31.6 Å². The standard InChI is InChI=1S/C25H29N3O5S/c1-34-16-19-13-20(26)7-8-21(19)28-14-22(33-25(28)31)23(29)27-11-9-18(10-12-27)24(30)32-15-17-5-3-2-4-6-17/h2-8,13,18,21-22,26H,9-12,14-16H2,1H3. The Kier molecular flexibility index (Phi) is 7.72. The highest BCUT2D eigenvalue weighted by molar-refractivity contribution is 7.98. The van der Waals surface area contributed by atoms with Gasteiger partial charge >= 0.3 is 12.1 Å². The molecule has 34 heavy (non-hydrogen) atoms. The molecule has 1 aromatic rings. The average Bonchev–Trinajstić information content (AvgIpc) is 3.24. The molecule has 2 saturated heterocycles. The average molecular weight is 484 g/mol. The summed E-state index contributed by atoms with van der Waals surface area (Å²) in [5, 5.41) is 7.87. The van der Waals surface area contributed by atoms with Crippen molar-refractivity contribution in [1.82, 2.24) is 9.80 Å². The number of cyclic esters (lactones) is 1. The first-order chi connectivity index (χ1) is 16.5. The highest BCUT2D eigenvalue weighted by Gasteiger charge is 2.43. The largest absolute Gasteiger partial charge is 0.461 e. The molecule has 0 aromatic heterocycles. The number of nitrogens with one attached hydrogen (secondary N) is 1. The van der Waals surface area contributed by atoms with Crippen LogP contribution in [0.4, 0.5) is 4.79 Å². The van der Waals surface area contributed by atoms with Crippen LogP contribution < -0.4 is 0 Å². The lowest BCUT2D eigenvalue weighted by atomic mass is 9.96. The summed E-state index contributed by atoms with van der Waals surface area (Å²) in [4.78, 5) is 41.3. The minimum atomic E-state index is -0.862. The highest BCUT2D eigenvalue weighted by Crippen LogP contribution is 2.27. The quantitative estimate of drug-likeness (QED) is 0.599. The highest BCUT2D eigenvalue weighted by atomic mass is 32.2. The summed E-state index contributed by atoms with van der Waals surface area (Å²) < 4.78 is 10.9. The molecule has 3 aliphatic rings. The van der Waals surface area contributed by atoms with Crippen molar-refractivity contribution in [3.63, 3.8) is 0 Å². The van der Waals surface area contributed by atoms with Crippen LogP contribution in [0.25, 0.3) is 0 Å². The third kappa shape index (κ3) is 5.52. The summed E-state index contributed by atoms with van der Waals surface area (Å²) in [6.45, 7) is 1.27. The lowest BCUT2D eigenvalue weighted by Gasteiger charge is -2.32. The number of piperidine rings is 1. The van der Waals surface area contributed by atoms with Gasteiger partial charge in [-0.25, -0.2) is 4.79 Å². The summed E-state index contributed by atoms with van der Waals surface area (Å²) in [5.41, 5.74) is 2.28. The molecule has 2 fully saturated rings. The number of benzene rings is 1. The Bertz CT molecular complexity index is 1000. The van der Waals surface area contributed by atoms with Gasteiger partial charge in [0.05, 0.1) is 24.2 Å². The number of hydrogen-bond acceptors (Lipinski definition) is 7. The van der Waals surface area contributed by atoms with Gasteiger partial charge < -0.3 is 19.8 Å². The molecule has 0 saturated carbocycles. The van der Waals surface area contributed by atoms with Crippen LogP contribution in [0, 0.1) is 11.3 Å². The summed E-state index contributed by atoms with van der Waals surface area (Å²) in [6.07, 6.45) is 6.89. The van der Waals surface area contributed by atoms with E-state index in [2.05, 4.69) is 0 Å². The van der Waals surface area contributed by atoms with Gasteiger partial charge in [-0.15, -0.1) is 0 Å². The molecule has 9 heteroatoms. The zero-order valence-electron chi connectivity index (χ0n) is 19.1. The molecule has 2 aliphatic heterocycles. The lowest BCUT2D eigenvalue weighted by Crippen LogP contribution is -2.47. The Hall–Kier alpha value is -3.07. The number of ether oxygens (including phenoxy) is 2. The van der Waals surface area contributed by atoms with E-state index in [9.17, 15) is 14.4 Å². The van der Waals surface area contributed by atoms with Crippen molar-refractivity contribution >= 4 is 35.4 Å². The number of thioether (sulfide) groups is 1. The first kappa shape index (κ1) is 24.1. The van der Waals surface area contributed by atoms with E-state index in [1.165, 1.54) is 0 Å². The van der Waals surface area contributed by atoms with E-state index in [1.54, 1.807) is 33.7 Å². The number of rotatable bonds is 7. The van der Waals surface area contributed by atoms with Gasteiger partial charge in [0, 0.05) is 18.8 Å². The third-order valence-electron chi connectivity index (χ3n) is 6.31. The molecule has 0 spiro atoms. The molecule has 2 unspecified atom stereocenters. The smallest absolute Gasteiger partial charge is 0.411 e. The molecular formula is C25H29N3O5S. The van der Waals surface area contributed by atoms with Gasteiger partial charge in [0.25, 0.3) is 5.91 Å². The summed E-state index contributed by atoms with van der Waals surface area (Å²) in [5.74, 6) is -0.0161. The fraction of sp³-hybridized carbons (Fsp3) is 0.440. The van der Waals surface area contributed by atoms with Crippen molar-refractivity contribution in [3.05, 3.63) is 59.7 Å². The van der Waals surface area contributed by atoms with Crippen LogP contribution in [0.5, 0.6) is 0 Å². The third-order valence-corrected chi connectivity index (χ3v) is 6.93. The first-order valence-electron chi connectivity index (χ1n) is 11.4. The lowest BCUT2D eigenvalue weighted by molar-refractivity contribution is -0.153. The SMILES string of the molecule is CSCC1=CC(=N)C=CC1N1CC(C(=O)N2CCC(C(=O)OCc3ccccc3)CC2)OC1=O. The summed E-state index contributed by atoms with van der Waals surface area (Å²) in [7, 11) is 0. The van der Waals surface area contributed by atoms with Crippen molar-refractivity contribution < 1.29 is 23.9 Å². The van der Waals surface area contributed by atoms with E-state index in [4.69, 9.17) is 14.9 Å². The fourth-order valence-electron chi connectivity index (χ4n) is 4.47. The number of esters is 1. The van der Waals surface area contributed by atoms with E-state index in [0.717, 1.165) is 11.1 Å². The van der Waals surface area contributed by atoms with Gasteiger partial charge in [-0.05, 0) is 42.4 Å². The normalized spacial score (nSPS) is 23.0. The maximum absolute atomic E-state index is 13.1. The number of carbonyl (C=O) groups is 3. The van der Waals surface area contributed by atoms with E-state index in [1.807, 2.05) is 42.7 Å². The monoisotopic (exact) mass is 483 g/mol. The Labute approximate surface area is 203 Å². The Morgan fingerprint density at radius 3 is 2.65 bits per heavy atom. The molecule has 1 aliphatic carbocycles. The minimum Gasteiger partial charge on any atom is -0.461 e.